The molecule has 1 aromatic carbocycles. The van der Waals surface area contributed by atoms with Gasteiger partial charge >= 0.3 is 6.03 Å². The first-order valence-electron chi connectivity index (χ1n) is 7.25. The Hall–Kier alpha value is -2.24. The molecule has 2 rings (SSSR count). The standard InChI is InChI=1S/C13H18N4O6S/c18-13(16-7-9-23-10-8-16)14-5-6-15-24(21,22)12-4-2-1-3-11(12)17(19)20/h1-4,15H,5-10H2,(H,14,18). The van der Waals surface area contributed by atoms with Crippen LogP contribution in [-0.4, -0.2) is 63.7 Å². The molecule has 0 unspecified atom stereocenters. The van der Waals surface area contributed by atoms with Crippen LogP contribution in [0, 0.1) is 10.1 Å². The molecule has 24 heavy (non-hydrogen) atoms. The Morgan fingerprint density at radius 3 is 2.58 bits per heavy atom. The molecule has 2 N–H and O–H groups in total. The summed E-state index contributed by atoms with van der Waals surface area (Å²) < 4.78 is 31.7. The number of amides is 2. The number of rotatable bonds is 6. The minimum Gasteiger partial charge on any atom is -0.378 e. The summed E-state index contributed by atoms with van der Waals surface area (Å²) >= 11 is 0. The van der Waals surface area contributed by atoms with Crippen LogP contribution in [0.5, 0.6) is 0 Å². The molecular formula is C13H18N4O6S. The number of benzene rings is 1. The SMILES string of the molecule is O=C(NCCNS(=O)(=O)c1ccccc1[N+](=O)[O-])N1CCOCC1. The maximum atomic E-state index is 12.1. The number of nitrogens with zero attached hydrogens (tertiary/aromatic N) is 2. The van der Waals surface area contributed by atoms with Crippen molar-refractivity contribution in [2.75, 3.05) is 39.4 Å². The molecule has 1 saturated heterocycles. The third kappa shape index (κ3) is 4.63. The van der Waals surface area contributed by atoms with Crippen LogP contribution in [-0.2, 0) is 14.8 Å². The van der Waals surface area contributed by atoms with E-state index >= 15 is 0 Å². The average Bonchev–Trinajstić information content (AvgIpc) is 2.59. The van der Waals surface area contributed by atoms with E-state index in [1.54, 1.807) is 4.90 Å². The van der Waals surface area contributed by atoms with Gasteiger partial charge in [-0.15, -0.1) is 0 Å². The Bertz CT molecular complexity index is 702. The Kier molecular flexibility index (Phi) is 6.06. The van der Waals surface area contributed by atoms with Gasteiger partial charge in [0.15, 0.2) is 4.90 Å². The lowest BCUT2D eigenvalue weighted by atomic mass is 10.3. The highest BCUT2D eigenvalue weighted by Gasteiger charge is 2.24. The molecule has 0 aliphatic carbocycles. The second-order valence-corrected chi connectivity index (χ2v) is 6.69. The van der Waals surface area contributed by atoms with E-state index < -0.39 is 25.5 Å². The van der Waals surface area contributed by atoms with E-state index in [1.807, 2.05) is 0 Å². The van der Waals surface area contributed by atoms with Gasteiger partial charge in [0, 0.05) is 32.2 Å². The predicted molar refractivity (Wildman–Crippen MR) is 84.1 cm³/mol. The van der Waals surface area contributed by atoms with Crippen molar-refractivity contribution in [3.8, 4) is 0 Å². The zero-order valence-corrected chi connectivity index (χ0v) is 13.6. The van der Waals surface area contributed by atoms with Gasteiger partial charge in [0.1, 0.15) is 0 Å². The van der Waals surface area contributed by atoms with E-state index in [4.69, 9.17) is 4.74 Å². The van der Waals surface area contributed by atoms with Gasteiger partial charge < -0.3 is 15.0 Å². The monoisotopic (exact) mass is 358 g/mol. The van der Waals surface area contributed by atoms with Crippen molar-refractivity contribution in [1.82, 2.24) is 14.9 Å². The Labute approximate surface area is 139 Å². The highest BCUT2D eigenvalue weighted by Crippen LogP contribution is 2.22. The molecule has 132 valence electrons. The van der Waals surface area contributed by atoms with Gasteiger partial charge in [-0.1, -0.05) is 12.1 Å². The molecule has 10 nitrogen and oxygen atoms in total. The number of hydrogen-bond donors (Lipinski definition) is 2. The van der Waals surface area contributed by atoms with Crippen molar-refractivity contribution in [3.05, 3.63) is 34.4 Å². The minimum atomic E-state index is -4.04. The molecule has 0 bridgehead atoms. The Morgan fingerprint density at radius 2 is 1.92 bits per heavy atom. The molecule has 2 amide bonds. The normalized spacial score (nSPS) is 15.1. The summed E-state index contributed by atoms with van der Waals surface area (Å²) in [6.07, 6.45) is 0. The van der Waals surface area contributed by atoms with Gasteiger partial charge in [0.2, 0.25) is 10.0 Å². The number of nitrogens with one attached hydrogen (secondary N) is 2. The maximum Gasteiger partial charge on any atom is 0.317 e. The largest absolute Gasteiger partial charge is 0.378 e. The molecule has 0 saturated carbocycles. The number of carbonyl (C=O) groups excluding carboxylic acids is 1. The third-order valence-corrected chi connectivity index (χ3v) is 4.85. The number of sulfonamides is 1. The molecule has 0 atom stereocenters. The molecule has 11 heteroatoms. The predicted octanol–water partition coefficient (Wildman–Crippen LogP) is -0.0851. The lowest BCUT2D eigenvalue weighted by molar-refractivity contribution is -0.387. The molecule has 0 spiro atoms. The first-order valence-corrected chi connectivity index (χ1v) is 8.74. The maximum absolute atomic E-state index is 12.1. The van der Waals surface area contributed by atoms with Crippen molar-refractivity contribution in [2.45, 2.75) is 4.90 Å². The van der Waals surface area contributed by atoms with Crippen molar-refractivity contribution in [3.63, 3.8) is 0 Å². The van der Waals surface area contributed by atoms with Crippen LogP contribution in [0.25, 0.3) is 0 Å². The molecule has 1 aliphatic heterocycles. The molecule has 0 radical (unpaired) electrons. The summed E-state index contributed by atoms with van der Waals surface area (Å²) in [6, 6.07) is 4.77. The number of nitro groups is 1. The zero-order valence-electron chi connectivity index (χ0n) is 12.8. The molecular weight excluding hydrogens is 340 g/mol. The summed E-state index contributed by atoms with van der Waals surface area (Å²) in [7, 11) is -4.04. The van der Waals surface area contributed by atoms with Crippen LogP contribution in [0.1, 0.15) is 0 Å². The van der Waals surface area contributed by atoms with Crippen LogP contribution < -0.4 is 10.0 Å². The molecule has 1 aliphatic rings. The summed E-state index contributed by atoms with van der Waals surface area (Å²) in [5.74, 6) is 0. The van der Waals surface area contributed by atoms with Gasteiger partial charge in [-0.3, -0.25) is 10.1 Å². The fraction of sp³-hybridized carbons (Fsp3) is 0.462. The van der Waals surface area contributed by atoms with Crippen molar-refractivity contribution >= 4 is 21.7 Å². The van der Waals surface area contributed by atoms with Gasteiger partial charge in [-0.25, -0.2) is 17.9 Å². The molecule has 1 aromatic rings. The van der Waals surface area contributed by atoms with E-state index in [0.717, 1.165) is 12.1 Å². The fourth-order valence-corrected chi connectivity index (χ4v) is 3.35. The van der Waals surface area contributed by atoms with E-state index in [0.29, 0.717) is 26.3 Å². The summed E-state index contributed by atoms with van der Waals surface area (Å²) in [6.45, 7) is 1.89. The number of urea groups is 1. The lowest BCUT2D eigenvalue weighted by Crippen LogP contribution is -2.47. The van der Waals surface area contributed by atoms with Crippen LogP contribution in [0.2, 0.25) is 0 Å². The van der Waals surface area contributed by atoms with E-state index in [9.17, 15) is 23.3 Å². The van der Waals surface area contributed by atoms with Crippen molar-refractivity contribution < 1.29 is 22.9 Å². The van der Waals surface area contributed by atoms with Gasteiger partial charge in [-0.2, -0.15) is 0 Å². The number of ether oxygens (including phenoxy) is 1. The zero-order chi connectivity index (χ0) is 17.6. The second kappa shape index (κ2) is 8.04. The van der Waals surface area contributed by atoms with E-state index in [-0.39, 0.29) is 19.1 Å². The summed E-state index contributed by atoms with van der Waals surface area (Å²) in [4.78, 5) is 23.1. The number of nitro benzene ring substituents is 1. The first kappa shape index (κ1) is 18.1. The lowest BCUT2D eigenvalue weighted by Gasteiger charge is -2.26. The minimum absolute atomic E-state index is 0.0655. The molecule has 1 fully saturated rings. The topological polar surface area (TPSA) is 131 Å². The van der Waals surface area contributed by atoms with Gasteiger partial charge in [-0.05, 0) is 6.07 Å². The third-order valence-electron chi connectivity index (χ3n) is 3.34. The van der Waals surface area contributed by atoms with E-state index in [2.05, 4.69) is 10.0 Å². The number of carbonyl (C=O) groups is 1. The smallest absolute Gasteiger partial charge is 0.317 e. The summed E-state index contributed by atoms with van der Waals surface area (Å²) in [5, 5.41) is 13.5. The highest BCUT2D eigenvalue weighted by molar-refractivity contribution is 7.89. The fourth-order valence-electron chi connectivity index (χ4n) is 2.15. The van der Waals surface area contributed by atoms with Crippen LogP contribution in [0.15, 0.2) is 29.2 Å². The van der Waals surface area contributed by atoms with Gasteiger partial charge in [0.05, 0.1) is 18.1 Å². The average molecular weight is 358 g/mol. The quantitative estimate of drug-likeness (QED) is 0.415. The van der Waals surface area contributed by atoms with Gasteiger partial charge in [0.25, 0.3) is 5.69 Å². The van der Waals surface area contributed by atoms with Crippen LogP contribution in [0.4, 0.5) is 10.5 Å². The van der Waals surface area contributed by atoms with Crippen molar-refractivity contribution in [1.29, 1.82) is 0 Å². The highest BCUT2D eigenvalue weighted by atomic mass is 32.2. The second-order valence-electron chi connectivity index (χ2n) is 4.95. The molecule has 1 heterocycles. The van der Waals surface area contributed by atoms with E-state index in [1.165, 1.54) is 12.1 Å². The Morgan fingerprint density at radius 1 is 1.25 bits per heavy atom. The number of hydrogen-bond acceptors (Lipinski definition) is 6. The van der Waals surface area contributed by atoms with Crippen molar-refractivity contribution in [2.24, 2.45) is 0 Å². The molecule has 0 aromatic heterocycles. The van der Waals surface area contributed by atoms with Crippen LogP contribution >= 0.6 is 0 Å². The Balaban J connectivity index is 1.87. The number of para-hydroxylation sites is 1. The van der Waals surface area contributed by atoms with Crippen LogP contribution in [0.3, 0.4) is 0 Å². The first-order chi connectivity index (χ1) is 11.4. The summed E-state index contributed by atoms with van der Waals surface area (Å²) in [5.41, 5.74) is -0.498. The number of morpholine rings is 1.